The predicted molar refractivity (Wildman–Crippen MR) is 143 cm³/mol. The number of esters is 1. The summed E-state index contributed by atoms with van der Waals surface area (Å²) in [6, 6.07) is 20.4. The summed E-state index contributed by atoms with van der Waals surface area (Å²) in [4.78, 5) is 15.0. The number of halogens is 12. The van der Waals surface area contributed by atoms with E-state index in [0.717, 1.165) is 21.9 Å². The van der Waals surface area contributed by atoms with Gasteiger partial charge in [0, 0.05) is 11.1 Å². The van der Waals surface area contributed by atoms with Crippen LogP contribution in [-0.2, 0) is 26.8 Å². The van der Waals surface area contributed by atoms with Crippen LogP contribution in [-0.4, -0.2) is 35.8 Å². The molecule has 47 heavy (non-hydrogen) atoms. The number of aliphatic hydroxyl groups is 1. The van der Waals surface area contributed by atoms with E-state index < -0.39 is 81.6 Å². The summed E-state index contributed by atoms with van der Waals surface area (Å²) in [6.07, 6.45) is -26.0. The summed E-state index contributed by atoms with van der Waals surface area (Å²) in [5.41, 5.74) is -16.2. The lowest BCUT2D eigenvalue weighted by molar-refractivity contribution is -0.377. The minimum absolute atomic E-state index is 0.388. The molecule has 4 aromatic rings. The first-order chi connectivity index (χ1) is 21.6. The minimum atomic E-state index is -6.53. The summed E-state index contributed by atoms with van der Waals surface area (Å²) < 4.78 is 169. The molecule has 0 unspecified atom stereocenters. The Morgan fingerprint density at radius 2 is 0.851 bits per heavy atom. The molecular weight excluding hydrogens is 680 g/mol. The van der Waals surface area contributed by atoms with Gasteiger partial charge in [0.25, 0.3) is 5.60 Å². The second-order valence-corrected chi connectivity index (χ2v) is 11.8. The maximum Gasteiger partial charge on any atom is 0.442 e. The van der Waals surface area contributed by atoms with Crippen LogP contribution < -0.4 is 0 Å². The zero-order valence-electron chi connectivity index (χ0n) is 23.1. The van der Waals surface area contributed by atoms with Gasteiger partial charge in [-0.05, 0) is 48.5 Å². The third-order valence-corrected chi connectivity index (χ3v) is 9.09. The van der Waals surface area contributed by atoms with Gasteiger partial charge in [-0.15, -0.1) is 0 Å². The van der Waals surface area contributed by atoms with Gasteiger partial charge in [-0.3, -0.25) is 0 Å². The third kappa shape index (κ3) is 6.52. The van der Waals surface area contributed by atoms with Crippen LogP contribution >= 0.6 is 0 Å². The second kappa shape index (κ2) is 12.4. The van der Waals surface area contributed by atoms with Crippen molar-refractivity contribution < 1.29 is 67.3 Å². The van der Waals surface area contributed by atoms with Crippen molar-refractivity contribution in [3.05, 3.63) is 126 Å². The van der Waals surface area contributed by atoms with Gasteiger partial charge in [-0.1, -0.05) is 60.7 Å². The van der Waals surface area contributed by atoms with E-state index in [9.17, 15) is 62.6 Å². The number of benzene rings is 4. The lowest BCUT2D eigenvalue weighted by atomic mass is 9.87. The highest BCUT2D eigenvalue weighted by atomic mass is 32.2. The number of hydrogen-bond donors (Lipinski definition) is 1. The molecule has 0 spiro atoms. The molecule has 0 fully saturated rings. The molecule has 4 aromatic carbocycles. The van der Waals surface area contributed by atoms with Gasteiger partial charge in [0.2, 0.25) is 0 Å². The van der Waals surface area contributed by atoms with Crippen molar-refractivity contribution in [3.63, 3.8) is 0 Å². The van der Waals surface area contributed by atoms with Crippen LogP contribution in [0.25, 0.3) is 0 Å². The minimum Gasteiger partial charge on any atom is -0.431 e. The normalized spacial score (nSPS) is 13.5. The molecule has 0 amide bonds. The van der Waals surface area contributed by atoms with E-state index in [1.54, 1.807) is 60.7 Å². The molecule has 0 radical (unpaired) electrons. The van der Waals surface area contributed by atoms with Gasteiger partial charge < -0.3 is 9.84 Å². The number of carbonyl (C=O) groups is 1. The molecule has 0 bridgehead atoms. The number of alkyl halides is 12. The summed E-state index contributed by atoms with van der Waals surface area (Å²) in [5.74, 6) is -2.16. The fourth-order valence-electron chi connectivity index (χ4n) is 4.54. The van der Waals surface area contributed by atoms with E-state index in [1.165, 1.54) is 12.1 Å². The molecule has 0 aromatic heterocycles. The van der Waals surface area contributed by atoms with Gasteiger partial charge in [0.15, 0.2) is 14.7 Å². The summed E-state index contributed by atoms with van der Waals surface area (Å²) in [7, 11) is -0.828. The van der Waals surface area contributed by atoms with Crippen LogP contribution in [0.15, 0.2) is 124 Å². The smallest absolute Gasteiger partial charge is 0.431 e. The van der Waals surface area contributed by atoms with Crippen molar-refractivity contribution in [2.75, 3.05) is 0 Å². The quantitative estimate of drug-likeness (QED) is 0.119. The SMILES string of the molecule is O=C(OC(c1ccc(C(O)(C(F)(F)F)C(F)(F)F)cc1)(C(F)(F)F)C(F)(F)F)c1ccc([S+](c2ccccc2)c2ccccc2)cc1. The van der Waals surface area contributed by atoms with E-state index >= 15 is 0 Å². The van der Waals surface area contributed by atoms with Crippen molar-refractivity contribution in [2.24, 2.45) is 0 Å². The van der Waals surface area contributed by atoms with Gasteiger partial charge in [-0.2, -0.15) is 52.7 Å². The maximum absolute atomic E-state index is 14.3. The molecule has 0 atom stereocenters. The molecule has 0 aliphatic rings. The van der Waals surface area contributed by atoms with Crippen LogP contribution in [0, 0.1) is 0 Å². The van der Waals surface area contributed by atoms with Crippen molar-refractivity contribution >= 4 is 16.9 Å². The van der Waals surface area contributed by atoms with E-state index in [4.69, 9.17) is 0 Å². The molecular formula is C31H19F12O3S+. The molecule has 250 valence electrons. The molecule has 0 aliphatic heterocycles. The van der Waals surface area contributed by atoms with Crippen molar-refractivity contribution in [2.45, 2.75) is 50.6 Å². The molecule has 3 nitrogen and oxygen atoms in total. The van der Waals surface area contributed by atoms with Crippen LogP contribution in [0.3, 0.4) is 0 Å². The number of hydrogen-bond acceptors (Lipinski definition) is 3. The van der Waals surface area contributed by atoms with Gasteiger partial charge in [-0.25, -0.2) is 4.79 Å². The number of carbonyl (C=O) groups excluding carboxylic acids is 1. The first-order valence-corrected chi connectivity index (χ1v) is 14.2. The lowest BCUT2D eigenvalue weighted by Gasteiger charge is -2.37. The van der Waals surface area contributed by atoms with E-state index in [1.807, 2.05) is 0 Å². The monoisotopic (exact) mass is 699 g/mol. The Kier molecular flexibility index (Phi) is 9.45. The van der Waals surface area contributed by atoms with E-state index in [2.05, 4.69) is 4.74 Å². The van der Waals surface area contributed by atoms with Gasteiger partial charge in [0.05, 0.1) is 16.5 Å². The van der Waals surface area contributed by atoms with Crippen molar-refractivity contribution in [3.8, 4) is 0 Å². The Balaban J connectivity index is 1.76. The highest BCUT2D eigenvalue weighted by Gasteiger charge is 2.76. The summed E-state index contributed by atoms with van der Waals surface area (Å²) in [5, 5.41) is 9.49. The molecule has 16 heteroatoms. The molecule has 4 rings (SSSR count). The number of rotatable bonds is 7. The fourth-order valence-corrected chi connectivity index (χ4v) is 6.63. The largest absolute Gasteiger partial charge is 0.442 e. The Hall–Kier alpha value is -4.18. The Bertz CT molecular complexity index is 1600. The maximum atomic E-state index is 14.3. The average Bonchev–Trinajstić information content (AvgIpc) is 2.98. The molecule has 1 N–H and O–H groups in total. The van der Waals surface area contributed by atoms with Gasteiger partial charge >= 0.3 is 36.3 Å². The highest BCUT2D eigenvalue weighted by Crippen LogP contribution is 2.55. The third-order valence-electron chi connectivity index (χ3n) is 6.86. The van der Waals surface area contributed by atoms with Crippen molar-refractivity contribution in [1.82, 2.24) is 0 Å². The van der Waals surface area contributed by atoms with E-state index in [0.29, 0.717) is 4.90 Å². The molecule has 0 saturated heterocycles. The highest BCUT2D eigenvalue weighted by molar-refractivity contribution is 7.97. The number of ether oxygens (including phenoxy) is 1. The second-order valence-electron chi connectivity index (χ2n) is 9.81. The van der Waals surface area contributed by atoms with Crippen molar-refractivity contribution in [1.29, 1.82) is 0 Å². The van der Waals surface area contributed by atoms with Crippen LogP contribution in [0.4, 0.5) is 52.7 Å². The zero-order chi connectivity index (χ0) is 35.1. The lowest BCUT2D eigenvalue weighted by Crippen LogP contribution is -2.57. The topological polar surface area (TPSA) is 46.5 Å². The summed E-state index contributed by atoms with van der Waals surface area (Å²) in [6.45, 7) is 0. The Morgan fingerprint density at radius 1 is 0.489 bits per heavy atom. The zero-order valence-corrected chi connectivity index (χ0v) is 23.9. The molecule has 0 aliphatic carbocycles. The molecule has 0 heterocycles. The Morgan fingerprint density at radius 3 is 1.21 bits per heavy atom. The predicted octanol–water partition coefficient (Wildman–Crippen LogP) is 9.27. The first kappa shape index (κ1) is 35.7. The molecule has 0 saturated carbocycles. The van der Waals surface area contributed by atoms with Crippen LogP contribution in [0.2, 0.25) is 0 Å². The summed E-state index contributed by atoms with van der Waals surface area (Å²) >= 11 is 0. The standard InChI is InChI=1S/C31H19F12O3S/c32-28(33,34)26(45,29(35,36)37)20-13-15-21(16-14-20)27(30(38,39)40,31(41,42)43)46-25(44)19-11-17-24(18-12-19)47(22-7-3-1-4-8-22)23-9-5-2-6-10-23/h1-18,45H/q+1. The Labute approximate surface area is 260 Å². The average molecular weight is 700 g/mol. The van der Waals surface area contributed by atoms with E-state index in [-0.39, 0.29) is 12.1 Å². The first-order valence-electron chi connectivity index (χ1n) is 12.9. The van der Waals surface area contributed by atoms with Gasteiger partial charge in [0.1, 0.15) is 0 Å². The van der Waals surface area contributed by atoms with Crippen LogP contribution in [0.1, 0.15) is 21.5 Å². The fraction of sp³-hybridized carbons (Fsp3) is 0.194. The van der Waals surface area contributed by atoms with Crippen LogP contribution in [0.5, 0.6) is 0 Å².